The molecule has 0 N–H and O–H groups in total. The molecule has 8 aromatic rings. The third-order valence-corrected chi connectivity index (χ3v) is 7.55. The Morgan fingerprint density at radius 2 is 1.02 bits per heavy atom. The lowest BCUT2D eigenvalue weighted by Crippen LogP contribution is -2.02. The normalized spacial score (nSPS) is 11.4. The molecule has 0 saturated carbocycles. The van der Waals surface area contributed by atoms with Gasteiger partial charge in [-0.15, -0.1) is 0 Å². The lowest BCUT2D eigenvalue weighted by Gasteiger charge is -2.14. The molecule has 0 bridgehead atoms. The van der Waals surface area contributed by atoms with E-state index in [1.807, 2.05) is 60.7 Å². The molecule has 0 aliphatic heterocycles. The lowest BCUT2D eigenvalue weighted by molar-refractivity contribution is 0.669. The standard InChI is InChI=1S/C37H23N3O/c1-3-12-25(13-4-1)28-22-23-32-33(30-19-9-10-21-31(30)41-32)34(28)37-39-35(26-15-5-2-6-16-26)38-36(40-37)29-20-11-17-24-14-7-8-18-27(24)29/h1-23H. The summed E-state index contributed by atoms with van der Waals surface area (Å²) in [7, 11) is 0. The second kappa shape index (κ2) is 9.54. The van der Waals surface area contributed by atoms with E-state index in [1.54, 1.807) is 0 Å². The van der Waals surface area contributed by atoms with Crippen LogP contribution in [-0.2, 0) is 0 Å². The molecular weight excluding hydrogens is 502 g/mol. The van der Waals surface area contributed by atoms with E-state index in [-0.39, 0.29) is 0 Å². The second-order valence-electron chi connectivity index (χ2n) is 10.0. The zero-order valence-electron chi connectivity index (χ0n) is 22.0. The van der Waals surface area contributed by atoms with Crippen LogP contribution in [-0.4, -0.2) is 15.0 Å². The molecule has 0 saturated heterocycles. The molecule has 2 aromatic heterocycles. The van der Waals surface area contributed by atoms with Crippen molar-refractivity contribution >= 4 is 32.7 Å². The van der Waals surface area contributed by atoms with Gasteiger partial charge in [0, 0.05) is 27.5 Å². The van der Waals surface area contributed by atoms with Gasteiger partial charge in [-0.1, -0.05) is 121 Å². The minimum atomic E-state index is 0.609. The Labute approximate surface area is 236 Å². The molecule has 0 amide bonds. The third kappa shape index (κ3) is 3.97. The van der Waals surface area contributed by atoms with Gasteiger partial charge in [-0.3, -0.25) is 0 Å². The molecule has 6 aromatic carbocycles. The first kappa shape index (κ1) is 23.3. The summed E-state index contributed by atoms with van der Waals surface area (Å²) in [5.74, 6) is 1.87. The lowest BCUT2D eigenvalue weighted by atomic mass is 9.94. The van der Waals surface area contributed by atoms with Crippen LogP contribution >= 0.6 is 0 Å². The molecule has 0 aliphatic rings. The Kier molecular flexibility index (Phi) is 5.42. The number of para-hydroxylation sites is 1. The van der Waals surface area contributed by atoms with E-state index in [1.165, 1.54) is 0 Å². The van der Waals surface area contributed by atoms with Crippen LogP contribution in [0.3, 0.4) is 0 Å². The molecule has 0 fully saturated rings. The first-order chi connectivity index (χ1) is 20.3. The molecule has 41 heavy (non-hydrogen) atoms. The van der Waals surface area contributed by atoms with Crippen molar-refractivity contribution in [2.75, 3.05) is 0 Å². The SMILES string of the molecule is c1ccc(-c2nc(-c3cccc4ccccc34)nc(-c3c(-c4ccccc4)ccc4oc5ccccc5c34)n2)cc1. The minimum absolute atomic E-state index is 0.609. The minimum Gasteiger partial charge on any atom is -0.456 e. The summed E-state index contributed by atoms with van der Waals surface area (Å²) in [6.07, 6.45) is 0. The van der Waals surface area contributed by atoms with Crippen LogP contribution in [0.2, 0.25) is 0 Å². The fourth-order valence-corrected chi connectivity index (χ4v) is 5.65. The zero-order chi connectivity index (χ0) is 27.2. The Morgan fingerprint density at radius 1 is 0.390 bits per heavy atom. The maximum Gasteiger partial charge on any atom is 0.165 e. The molecule has 4 nitrogen and oxygen atoms in total. The number of hydrogen-bond donors (Lipinski definition) is 0. The van der Waals surface area contributed by atoms with Crippen LogP contribution in [0.4, 0.5) is 0 Å². The first-order valence-electron chi connectivity index (χ1n) is 13.6. The van der Waals surface area contributed by atoms with Crippen molar-refractivity contribution in [2.45, 2.75) is 0 Å². The summed E-state index contributed by atoms with van der Waals surface area (Å²) in [6.45, 7) is 0. The predicted octanol–water partition coefficient (Wildman–Crippen LogP) is 9.59. The summed E-state index contributed by atoms with van der Waals surface area (Å²) < 4.78 is 6.32. The molecule has 192 valence electrons. The molecule has 0 atom stereocenters. The van der Waals surface area contributed by atoms with Crippen LogP contribution in [0.15, 0.2) is 144 Å². The van der Waals surface area contributed by atoms with Crippen molar-refractivity contribution in [2.24, 2.45) is 0 Å². The van der Waals surface area contributed by atoms with Crippen molar-refractivity contribution in [1.82, 2.24) is 15.0 Å². The highest BCUT2D eigenvalue weighted by Gasteiger charge is 2.22. The van der Waals surface area contributed by atoms with Gasteiger partial charge in [-0.2, -0.15) is 0 Å². The van der Waals surface area contributed by atoms with E-state index < -0.39 is 0 Å². The summed E-state index contributed by atoms with van der Waals surface area (Å²) in [5, 5.41) is 4.27. The van der Waals surface area contributed by atoms with E-state index in [4.69, 9.17) is 19.4 Å². The Morgan fingerprint density at radius 3 is 1.85 bits per heavy atom. The van der Waals surface area contributed by atoms with Crippen LogP contribution in [0.5, 0.6) is 0 Å². The van der Waals surface area contributed by atoms with Crippen LogP contribution < -0.4 is 0 Å². The van der Waals surface area contributed by atoms with E-state index in [2.05, 4.69) is 78.9 Å². The van der Waals surface area contributed by atoms with Gasteiger partial charge in [0.15, 0.2) is 17.5 Å². The van der Waals surface area contributed by atoms with Crippen LogP contribution in [0, 0.1) is 0 Å². The second-order valence-corrected chi connectivity index (χ2v) is 10.0. The maximum atomic E-state index is 6.32. The molecular formula is C37H23N3O. The summed E-state index contributed by atoms with van der Waals surface area (Å²) in [6, 6.07) is 47.4. The number of rotatable bonds is 4. The Hall–Kier alpha value is -5.61. The average Bonchev–Trinajstić information content (AvgIpc) is 3.43. The molecule has 0 spiro atoms. The number of fused-ring (bicyclic) bond motifs is 4. The van der Waals surface area contributed by atoms with Gasteiger partial charge >= 0.3 is 0 Å². The number of furan rings is 1. The Bertz CT molecular complexity index is 2200. The molecule has 8 rings (SSSR count). The van der Waals surface area contributed by atoms with Crippen molar-refractivity contribution in [3.8, 4) is 45.3 Å². The highest BCUT2D eigenvalue weighted by atomic mass is 16.3. The van der Waals surface area contributed by atoms with Crippen molar-refractivity contribution in [1.29, 1.82) is 0 Å². The van der Waals surface area contributed by atoms with E-state index in [0.717, 1.165) is 60.5 Å². The predicted molar refractivity (Wildman–Crippen MR) is 166 cm³/mol. The maximum absolute atomic E-state index is 6.32. The molecule has 0 aliphatic carbocycles. The van der Waals surface area contributed by atoms with Gasteiger partial charge in [0.2, 0.25) is 0 Å². The quantitative estimate of drug-likeness (QED) is 0.230. The largest absolute Gasteiger partial charge is 0.456 e. The van der Waals surface area contributed by atoms with Gasteiger partial charge < -0.3 is 4.42 Å². The third-order valence-electron chi connectivity index (χ3n) is 7.55. The highest BCUT2D eigenvalue weighted by Crippen LogP contribution is 2.42. The monoisotopic (exact) mass is 525 g/mol. The number of nitrogens with zero attached hydrogens (tertiary/aromatic N) is 3. The van der Waals surface area contributed by atoms with Crippen LogP contribution in [0.1, 0.15) is 0 Å². The van der Waals surface area contributed by atoms with Crippen molar-refractivity contribution < 1.29 is 4.42 Å². The fraction of sp³-hybridized carbons (Fsp3) is 0. The van der Waals surface area contributed by atoms with Gasteiger partial charge in [-0.25, -0.2) is 15.0 Å². The smallest absolute Gasteiger partial charge is 0.165 e. The highest BCUT2D eigenvalue weighted by molar-refractivity contribution is 6.15. The van der Waals surface area contributed by atoms with Gasteiger partial charge in [0.05, 0.1) is 0 Å². The van der Waals surface area contributed by atoms with E-state index in [0.29, 0.717) is 17.5 Å². The summed E-state index contributed by atoms with van der Waals surface area (Å²) in [5.41, 5.74) is 6.59. The summed E-state index contributed by atoms with van der Waals surface area (Å²) in [4.78, 5) is 15.4. The molecule has 0 radical (unpaired) electrons. The fourth-order valence-electron chi connectivity index (χ4n) is 5.65. The van der Waals surface area contributed by atoms with Gasteiger partial charge in [0.25, 0.3) is 0 Å². The number of hydrogen-bond acceptors (Lipinski definition) is 4. The Balaban J connectivity index is 1.50. The van der Waals surface area contributed by atoms with Crippen molar-refractivity contribution in [3.63, 3.8) is 0 Å². The summed E-state index contributed by atoms with van der Waals surface area (Å²) >= 11 is 0. The number of aromatic nitrogens is 3. The topological polar surface area (TPSA) is 51.8 Å². The zero-order valence-corrected chi connectivity index (χ0v) is 22.0. The van der Waals surface area contributed by atoms with E-state index in [9.17, 15) is 0 Å². The molecule has 2 heterocycles. The van der Waals surface area contributed by atoms with Crippen molar-refractivity contribution in [3.05, 3.63) is 140 Å². The number of benzene rings is 6. The van der Waals surface area contributed by atoms with E-state index >= 15 is 0 Å². The molecule has 4 heteroatoms. The van der Waals surface area contributed by atoms with Gasteiger partial charge in [-0.05, 0) is 40.1 Å². The average molecular weight is 526 g/mol. The first-order valence-corrected chi connectivity index (χ1v) is 13.6. The van der Waals surface area contributed by atoms with Gasteiger partial charge in [0.1, 0.15) is 11.2 Å². The molecule has 0 unspecified atom stereocenters. The van der Waals surface area contributed by atoms with Crippen LogP contribution in [0.25, 0.3) is 78.0 Å².